The molecule has 0 atom stereocenters. The van der Waals surface area contributed by atoms with Crippen molar-refractivity contribution in [2.75, 3.05) is 25.9 Å². The Kier molecular flexibility index (Phi) is 5.93. The van der Waals surface area contributed by atoms with Gasteiger partial charge in [-0.2, -0.15) is 13.2 Å². The lowest BCUT2D eigenvalue weighted by Gasteiger charge is -2.40. The molecule has 1 fully saturated rings. The first-order valence-electron chi connectivity index (χ1n) is 10.3. The van der Waals surface area contributed by atoms with Gasteiger partial charge in [0.05, 0.1) is 11.8 Å². The minimum atomic E-state index is -4.42. The van der Waals surface area contributed by atoms with Crippen LogP contribution in [0.5, 0.6) is 11.5 Å². The molecule has 0 bridgehead atoms. The quantitative estimate of drug-likeness (QED) is 0.682. The molecule has 2 aliphatic rings. The van der Waals surface area contributed by atoms with Crippen molar-refractivity contribution in [1.82, 2.24) is 9.21 Å². The molecule has 0 aromatic heterocycles. The molecule has 4 rings (SSSR count). The van der Waals surface area contributed by atoms with Crippen LogP contribution in [-0.2, 0) is 22.6 Å². The van der Waals surface area contributed by atoms with Crippen LogP contribution in [0.4, 0.5) is 13.2 Å². The molecule has 0 N–H and O–H groups in total. The Bertz CT molecular complexity index is 1110. The molecule has 0 unspecified atom stereocenters. The van der Waals surface area contributed by atoms with Gasteiger partial charge in [-0.1, -0.05) is 6.07 Å². The van der Waals surface area contributed by atoms with Gasteiger partial charge < -0.3 is 9.64 Å². The molecule has 0 saturated carbocycles. The van der Waals surface area contributed by atoms with Crippen molar-refractivity contribution in [3.8, 4) is 11.5 Å². The molecule has 1 saturated heterocycles. The van der Waals surface area contributed by atoms with Crippen LogP contribution in [0.15, 0.2) is 42.5 Å². The van der Waals surface area contributed by atoms with Gasteiger partial charge in [0.1, 0.15) is 11.5 Å². The first-order chi connectivity index (χ1) is 15.0. The number of carbonyl (C=O) groups is 1. The number of nitrogens with zero attached hydrogens (tertiary/aromatic N) is 2. The minimum Gasteiger partial charge on any atom is -0.457 e. The molecule has 0 aliphatic carbocycles. The maximum Gasteiger partial charge on any atom is 0.416 e. The first-order valence-corrected chi connectivity index (χ1v) is 12.1. The smallest absolute Gasteiger partial charge is 0.416 e. The van der Waals surface area contributed by atoms with E-state index in [1.165, 1.54) is 22.7 Å². The third kappa shape index (κ3) is 4.61. The minimum absolute atomic E-state index is 0.0341. The van der Waals surface area contributed by atoms with E-state index in [0.29, 0.717) is 50.2 Å². The van der Waals surface area contributed by atoms with Crippen LogP contribution in [0.2, 0.25) is 0 Å². The van der Waals surface area contributed by atoms with Gasteiger partial charge in [-0.25, -0.2) is 12.7 Å². The largest absolute Gasteiger partial charge is 0.457 e. The normalized spacial score (nSPS) is 18.5. The summed E-state index contributed by atoms with van der Waals surface area (Å²) in [6.07, 6.45) is -1.53. The monoisotopic (exact) mass is 468 g/mol. The summed E-state index contributed by atoms with van der Waals surface area (Å²) >= 11 is 0. The van der Waals surface area contributed by atoms with E-state index < -0.39 is 21.8 Å². The third-order valence-electron chi connectivity index (χ3n) is 5.97. The first kappa shape index (κ1) is 22.6. The van der Waals surface area contributed by atoms with Crippen LogP contribution in [0.25, 0.3) is 0 Å². The lowest BCUT2D eigenvalue weighted by molar-refractivity contribution is -0.137. The predicted molar refractivity (Wildman–Crippen MR) is 112 cm³/mol. The van der Waals surface area contributed by atoms with Gasteiger partial charge in [-0.05, 0) is 55.7 Å². The standard InChI is InChI=1S/C22H23F3N2O4S/c1-32(29,30)26-12-9-16(10-13-26)27-14-11-18-19(21(27)28)3-2-4-20(18)31-17-7-5-15(6-8-17)22(23,24)25/h2-8,16H,9-14H2,1H3. The highest BCUT2D eigenvalue weighted by Gasteiger charge is 2.35. The average molecular weight is 468 g/mol. The number of amides is 1. The molecule has 0 spiro atoms. The van der Waals surface area contributed by atoms with E-state index in [2.05, 4.69) is 0 Å². The van der Waals surface area contributed by atoms with Gasteiger partial charge in [0.15, 0.2) is 0 Å². The number of halogens is 3. The molecular weight excluding hydrogens is 445 g/mol. The Morgan fingerprint density at radius 2 is 1.66 bits per heavy atom. The van der Waals surface area contributed by atoms with E-state index in [0.717, 1.165) is 17.7 Å². The highest BCUT2D eigenvalue weighted by molar-refractivity contribution is 7.88. The van der Waals surface area contributed by atoms with E-state index in [1.807, 2.05) is 0 Å². The highest BCUT2D eigenvalue weighted by Crippen LogP contribution is 2.35. The molecule has 10 heteroatoms. The number of ether oxygens (including phenoxy) is 1. The number of sulfonamides is 1. The Labute approximate surface area is 184 Å². The van der Waals surface area contributed by atoms with Crippen molar-refractivity contribution >= 4 is 15.9 Å². The third-order valence-corrected chi connectivity index (χ3v) is 7.27. The summed E-state index contributed by atoms with van der Waals surface area (Å²) in [5.41, 5.74) is 0.473. The molecule has 0 radical (unpaired) electrons. The van der Waals surface area contributed by atoms with Crippen LogP contribution in [0, 0.1) is 0 Å². The molecule has 1 amide bonds. The van der Waals surface area contributed by atoms with Crippen molar-refractivity contribution in [2.45, 2.75) is 31.5 Å². The topological polar surface area (TPSA) is 66.9 Å². The summed E-state index contributed by atoms with van der Waals surface area (Å²) in [6, 6.07) is 9.50. The summed E-state index contributed by atoms with van der Waals surface area (Å²) in [7, 11) is -3.24. The van der Waals surface area contributed by atoms with Crippen LogP contribution >= 0.6 is 0 Å². The predicted octanol–water partition coefficient (Wildman–Crippen LogP) is 3.92. The lowest BCUT2D eigenvalue weighted by Crippen LogP contribution is -2.50. The Hall–Kier alpha value is -2.59. The molecule has 172 valence electrons. The van der Waals surface area contributed by atoms with Crippen molar-refractivity contribution in [1.29, 1.82) is 0 Å². The van der Waals surface area contributed by atoms with Crippen LogP contribution in [0.3, 0.4) is 0 Å². The van der Waals surface area contributed by atoms with Gasteiger partial charge in [-0.15, -0.1) is 0 Å². The fraction of sp³-hybridized carbons (Fsp3) is 0.409. The zero-order chi connectivity index (χ0) is 23.1. The zero-order valence-corrected chi connectivity index (χ0v) is 18.2. The van der Waals surface area contributed by atoms with Crippen LogP contribution in [-0.4, -0.2) is 55.5 Å². The Balaban J connectivity index is 1.49. The van der Waals surface area contributed by atoms with Gasteiger partial charge in [-0.3, -0.25) is 4.79 Å². The second-order valence-electron chi connectivity index (χ2n) is 8.05. The summed E-state index contributed by atoms with van der Waals surface area (Å²) in [4.78, 5) is 15.0. The molecule has 32 heavy (non-hydrogen) atoms. The number of fused-ring (bicyclic) bond motifs is 1. The van der Waals surface area contributed by atoms with Gasteiger partial charge in [0.25, 0.3) is 5.91 Å². The highest BCUT2D eigenvalue weighted by atomic mass is 32.2. The number of benzene rings is 2. The lowest BCUT2D eigenvalue weighted by atomic mass is 9.94. The van der Waals surface area contributed by atoms with Crippen LogP contribution < -0.4 is 4.74 Å². The average Bonchev–Trinajstić information content (AvgIpc) is 2.74. The maximum absolute atomic E-state index is 13.2. The summed E-state index contributed by atoms with van der Waals surface area (Å²) in [5.74, 6) is 0.568. The summed E-state index contributed by atoms with van der Waals surface area (Å²) < 4.78 is 69.0. The number of hydrogen-bond acceptors (Lipinski definition) is 4. The molecule has 2 aromatic rings. The number of rotatable bonds is 4. The van der Waals surface area contributed by atoms with Crippen molar-refractivity contribution in [3.63, 3.8) is 0 Å². The van der Waals surface area contributed by atoms with E-state index in [-0.39, 0.29) is 17.7 Å². The zero-order valence-electron chi connectivity index (χ0n) is 17.4. The SMILES string of the molecule is CS(=O)(=O)N1CCC(N2CCc3c(Oc4ccc(C(F)(F)F)cc4)cccc3C2=O)CC1. The van der Waals surface area contributed by atoms with Crippen molar-refractivity contribution in [3.05, 3.63) is 59.2 Å². The maximum atomic E-state index is 13.2. The molecule has 2 heterocycles. The number of carbonyl (C=O) groups excluding carboxylic acids is 1. The van der Waals surface area contributed by atoms with Crippen molar-refractivity contribution in [2.24, 2.45) is 0 Å². The molecular formula is C22H23F3N2O4S. The van der Waals surface area contributed by atoms with Crippen molar-refractivity contribution < 1.29 is 31.1 Å². The molecule has 2 aliphatic heterocycles. The second kappa shape index (κ2) is 8.40. The number of piperidine rings is 1. The van der Waals surface area contributed by atoms with E-state index >= 15 is 0 Å². The second-order valence-corrected chi connectivity index (χ2v) is 10.0. The Morgan fingerprint density at radius 1 is 1.00 bits per heavy atom. The summed E-state index contributed by atoms with van der Waals surface area (Å²) in [5, 5.41) is 0. The van der Waals surface area contributed by atoms with Crippen LogP contribution in [0.1, 0.15) is 34.3 Å². The fourth-order valence-corrected chi connectivity index (χ4v) is 5.15. The van der Waals surface area contributed by atoms with E-state index in [4.69, 9.17) is 4.74 Å². The fourth-order valence-electron chi connectivity index (χ4n) is 4.28. The van der Waals surface area contributed by atoms with Gasteiger partial charge >= 0.3 is 6.18 Å². The van der Waals surface area contributed by atoms with E-state index in [9.17, 15) is 26.4 Å². The molecule has 6 nitrogen and oxygen atoms in total. The van der Waals surface area contributed by atoms with E-state index in [1.54, 1.807) is 23.1 Å². The van der Waals surface area contributed by atoms with Gasteiger partial charge in [0, 0.05) is 36.8 Å². The Morgan fingerprint density at radius 3 is 2.25 bits per heavy atom. The summed E-state index contributed by atoms with van der Waals surface area (Å²) in [6.45, 7) is 1.25. The molecule has 2 aromatic carbocycles. The number of hydrogen-bond donors (Lipinski definition) is 0. The van der Waals surface area contributed by atoms with Gasteiger partial charge in [0.2, 0.25) is 10.0 Å². The number of alkyl halides is 3.